The topological polar surface area (TPSA) is 51.2 Å². The van der Waals surface area contributed by atoms with Gasteiger partial charge < -0.3 is 10.1 Å². The van der Waals surface area contributed by atoms with Crippen molar-refractivity contribution >= 4 is 23.2 Å². The second-order valence-corrected chi connectivity index (χ2v) is 4.91. The van der Waals surface area contributed by atoms with Gasteiger partial charge in [-0.15, -0.1) is 0 Å². The summed E-state index contributed by atoms with van der Waals surface area (Å²) >= 11 is 5.83. The van der Waals surface area contributed by atoms with Crippen molar-refractivity contribution in [1.82, 2.24) is 4.98 Å². The largest absolute Gasteiger partial charge is 0.367 e. The molecule has 0 aliphatic heterocycles. The number of hydrogen-bond donors (Lipinski definition) is 1. The molecule has 1 aromatic carbocycles. The molecule has 1 N–H and O–H groups in total. The molecule has 0 bridgehead atoms. The molecule has 1 heterocycles. The van der Waals surface area contributed by atoms with Crippen LogP contribution >= 0.6 is 11.6 Å². The molecule has 4 nitrogen and oxygen atoms in total. The second kappa shape index (κ2) is 7.82. The molecule has 0 saturated heterocycles. The zero-order chi connectivity index (χ0) is 15.9. The lowest BCUT2D eigenvalue weighted by Gasteiger charge is -2.07. The molecule has 1 amide bonds. The first-order valence-corrected chi connectivity index (χ1v) is 6.77. The molecule has 0 radical (unpaired) electrons. The molecule has 0 aliphatic rings. The highest BCUT2D eigenvalue weighted by Gasteiger charge is 2.09. The van der Waals surface area contributed by atoms with Crippen molar-refractivity contribution in [3.8, 4) is 0 Å². The van der Waals surface area contributed by atoms with Gasteiger partial charge in [0.25, 0.3) is 6.43 Å². The fourth-order valence-electron chi connectivity index (χ4n) is 1.73. The first kappa shape index (κ1) is 16.3. The molecule has 22 heavy (non-hydrogen) atoms. The number of pyridine rings is 1. The van der Waals surface area contributed by atoms with E-state index in [-0.39, 0.29) is 24.5 Å². The minimum atomic E-state index is -2.64. The predicted molar refractivity (Wildman–Crippen MR) is 78.9 cm³/mol. The van der Waals surface area contributed by atoms with Gasteiger partial charge in [0.05, 0.1) is 18.5 Å². The minimum absolute atomic E-state index is 0.203. The van der Waals surface area contributed by atoms with Gasteiger partial charge in [-0.2, -0.15) is 0 Å². The first-order valence-electron chi connectivity index (χ1n) is 6.40. The van der Waals surface area contributed by atoms with Crippen LogP contribution in [0.5, 0.6) is 0 Å². The number of nitrogens with zero attached hydrogens (tertiary/aromatic N) is 1. The molecule has 0 saturated carbocycles. The number of halogens is 3. The summed E-state index contributed by atoms with van der Waals surface area (Å²) in [7, 11) is 0. The van der Waals surface area contributed by atoms with Gasteiger partial charge in [-0.1, -0.05) is 23.7 Å². The molecule has 2 rings (SSSR count). The number of nitrogens with one attached hydrogen (secondary N) is 1. The molecule has 0 aliphatic carbocycles. The monoisotopic (exact) mass is 326 g/mol. The number of rotatable bonds is 6. The van der Waals surface area contributed by atoms with E-state index in [4.69, 9.17) is 16.3 Å². The Kier molecular flexibility index (Phi) is 5.80. The van der Waals surface area contributed by atoms with E-state index in [1.54, 1.807) is 18.2 Å². The third-order valence-electron chi connectivity index (χ3n) is 2.69. The van der Waals surface area contributed by atoms with Crippen LogP contribution in [0, 0.1) is 0 Å². The van der Waals surface area contributed by atoms with E-state index in [0.29, 0.717) is 5.02 Å². The van der Waals surface area contributed by atoms with Crippen molar-refractivity contribution in [2.45, 2.75) is 13.0 Å². The van der Waals surface area contributed by atoms with Crippen LogP contribution in [0.1, 0.15) is 17.6 Å². The van der Waals surface area contributed by atoms with Crippen molar-refractivity contribution in [2.75, 3.05) is 11.9 Å². The molecular formula is C15H13ClF2N2O2. The zero-order valence-corrected chi connectivity index (χ0v) is 12.2. The number of benzene rings is 1. The summed E-state index contributed by atoms with van der Waals surface area (Å²) in [6, 6.07) is 8.24. The SMILES string of the molecule is O=C(COCc1cccc(Cl)c1)Nc1cncc(C(F)F)c1. The van der Waals surface area contributed by atoms with Crippen LogP contribution in [0.4, 0.5) is 14.5 Å². The van der Waals surface area contributed by atoms with Crippen molar-refractivity contribution in [3.05, 3.63) is 58.9 Å². The van der Waals surface area contributed by atoms with Gasteiger partial charge in [0, 0.05) is 16.8 Å². The number of anilines is 1. The van der Waals surface area contributed by atoms with Crippen molar-refractivity contribution in [2.24, 2.45) is 0 Å². The van der Waals surface area contributed by atoms with Crippen molar-refractivity contribution in [3.63, 3.8) is 0 Å². The summed E-state index contributed by atoms with van der Waals surface area (Å²) < 4.78 is 30.3. The van der Waals surface area contributed by atoms with Gasteiger partial charge >= 0.3 is 0 Å². The van der Waals surface area contributed by atoms with Gasteiger partial charge in [-0.3, -0.25) is 9.78 Å². The van der Waals surface area contributed by atoms with E-state index < -0.39 is 12.3 Å². The number of hydrogen-bond acceptors (Lipinski definition) is 3. The highest BCUT2D eigenvalue weighted by molar-refractivity contribution is 6.30. The van der Waals surface area contributed by atoms with Crippen LogP contribution in [0.2, 0.25) is 5.02 Å². The number of alkyl halides is 2. The third kappa shape index (κ3) is 5.05. The average molecular weight is 327 g/mol. The molecule has 0 spiro atoms. The van der Waals surface area contributed by atoms with Gasteiger partial charge in [0.1, 0.15) is 6.61 Å². The fraction of sp³-hybridized carbons (Fsp3) is 0.200. The zero-order valence-electron chi connectivity index (χ0n) is 11.4. The smallest absolute Gasteiger partial charge is 0.265 e. The Bertz CT molecular complexity index is 653. The van der Waals surface area contributed by atoms with E-state index in [0.717, 1.165) is 11.8 Å². The highest BCUT2D eigenvalue weighted by atomic mass is 35.5. The lowest BCUT2D eigenvalue weighted by Crippen LogP contribution is -2.18. The normalized spacial score (nSPS) is 10.7. The lowest BCUT2D eigenvalue weighted by molar-refractivity contribution is -0.121. The van der Waals surface area contributed by atoms with Crippen molar-refractivity contribution in [1.29, 1.82) is 0 Å². The van der Waals surface area contributed by atoms with Gasteiger partial charge in [-0.25, -0.2) is 8.78 Å². The molecular weight excluding hydrogens is 314 g/mol. The number of amides is 1. The second-order valence-electron chi connectivity index (χ2n) is 4.48. The van der Waals surface area contributed by atoms with Crippen molar-refractivity contribution < 1.29 is 18.3 Å². The Morgan fingerprint density at radius 2 is 2.14 bits per heavy atom. The quantitative estimate of drug-likeness (QED) is 0.877. The summed E-state index contributed by atoms with van der Waals surface area (Å²) in [4.78, 5) is 15.3. The molecule has 0 unspecified atom stereocenters. The van der Waals surface area contributed by atoms with Gasteiger partial charge in [-0.05, 0) is 23.8 Å². The molecule has 0 fully saturated rings. The Morgan fingerprint density at radius 1 is 1.32 bits per heavy atom. The average Bonchev–Trinajstić information content (AvgIpc) is 2.47. The van der Waals surface area contributed by atoms with Crippen LogP contribution in [-0.2, 0) is 16.1 Å². The predicted octanol–water partition coefficient (Wildman–Crippen LogP) is 3.83. The van der Waals surface area contributed by atoms with Gasteiger partial charge in [0.2, 0.25) is 5.91 Å². The third-order valence-corrected chi connectivity index (χ3v) is 2.92. The van der Waals surface area contributed by atoms with Crippen LogP contribution in [0.3, 0.4) is 0 Å². The van der Waals surface area contributed by atoms with Crippen LogP contribution in [0.25, 0.3) is 0 Å². The molecule has 1 aromatic heterocycles. The van der Waals surface area contributed by atoms with E-state index in [1.165, 1.54) is 12.3 Å². The number of carbonyl (C=O) groups is 1. The lowest BCUT2D eigenvalue weighted by atomic mass is 10.2. The standard InChI is InChI=1S/C15H13ClF2N2O2/c16-12-3-1-2-10(4-12)8-22-9-14(21)20-13-5-11(15(17)18)6-19-7-13/h1-7,15H,8-9H2,(H,20,21). The summed E-state index contributed by atoms with van der Waals surface area (Å²) in [6.45, 7) is 0.0225. The van der Waals surface area contributed by atoms with Crippen LogP contribution < -0.4 is 5.32 Å². The molecule has 0 atom stereocenters. The number of aromatic nitrogens is 1. The van der Waals surface area contributed by atoms with Crippen LogP contribution in [-0.4, -0.2) is 17.5 Å². The Labute approximate surface area is 131 Å². The van der Waals surface area contributed by atoms with Gasteiger partial charge in [0.15, 0.2) is 0 Å². The summed E-state index contributed by atoms with van der Waals surface area (Å²) in [5.41, 5.74) is 0.786. The maximum absolute atomic E-state index is 12.5. The maximum atomic E-state index is 12.5. The summed E-state index contributed by atoms with van der Waals surface area (Å²) in [5.74, 6) is -0.449. The molecule has 116 valence electrons. The number of ether oxygens (including phenoxy) is 1. The van der Waals surface area contributed by atoms with E-state index in [2.05, 4.69) is 10.3 Å². The van der Waals surface area contributed by atoms with Crippen LogP contribution in [0.15, 0.2) is 42.7 Å². The first-order chi connectivity index (χ1) is 10.5. The molecule has 2 aromatic rings. The maximum Gasteiger partial charge on any atom is 0.265 e. The number of carbonyl (C=O) groups excluding carboxylic acids is 1. The Hall–Kier alpha value is -2.05. The summed E-state index contributed by atoms with van der Waals surface area (Å²) in [6.07, 6.45) is -0.292. The fourth-order valence-corrected chi connectivity index (χ4v) is 1.94. The minimum Gasteiger partial charge on any atom is -0.367 e. The Morgan fingerprint density at radius 3 is 2.86 bits per heavy atom. The Balaban J connectivity index is 1.82. The summed E-state index contributed by atoms with van der Waals surface area (Å²) in [5, 5.41) is 3.03. The highest BCUT2D eigenvalue weighted by Crippen LogP contribution is 2.20. The van der Waals surface area contributed by atoms with E-state index in [9.17, 15) is 13.6 Å². The van der Waals surface area contributed by atoms with E-state index in [1.807, 2.05) is 6.07 Å². The molecule has 7 heteroatoms. The van der Waals surface area contributed by atoms with E-state index >= 15 is 0 Å².